The fraction of sp³-hybridized carbons (Fsp3) is 0.360. The largest absolute Gasteiger partial charge is 0.356 e. The number of nitrogens with one attached hydrogen (secondary N) is 1. The van der Waals surface area contributed by atoms with Crippen molar-refractivity contribution >= 4 is 33.8 Å². The number of para-hydroxylation sites is 4. The third kappa shape index (κ3) is 4.46. The number of hydrogen-bond donors (Lipinski definition) is 1. The van der Waals surface area contributed by atoms with Gasteiger partial charge in [0.1, 0.15) is 0 Å². The molecule has 0 saturated carbocycles. The molecule has 5 rings (SSSR count). The van der Waals surface area contributed by atoms with Crippen LogP contribution >= 0.6 is 0 Å². The first-order valence-corrected chi connectivity index (χ1v) is 11.6. The van der Waals surface area contributed by atoms with E-state index in [1.807, 2.05) is 54.9 Å². The molecule has 1 aliphatic heterocycles. The molecule has 2 aromatic heterocycles. The van der Waals surface area contributed by atoms with E-state index in [1.165, 1.54) is 0 Å². The molecule has 0 atom stereocenters. The van der Waals surface area contributed by atoms with Crippen molar-refractivity contribution in [2.75, 3.05) is 24.5 Å². The Morgan fingerprint density at radius 1 is 0.939 bits per heavy atom. The quantitative estimate of drug-likeness (QED) is 0.423. The van der Waals surface area contributed by atoms with E-state index in [0.717, 1.165) is 61.0 Å². The van der Waals surface area contributed by atoms with E-state index < -0.39 is 0 Å². The maximum Gasteiger partial charge on any atom is 0.294 e. The van der Waals surface area contributed by atoms with Gasteiger partial charge in [0.05, 0.1) is 28.4 Å². The minimum absolute atomic E-state index is 0.0546. The van der Waals surface area contributed by atoms with Gasteiger partial charge >= 0.3 is 0 Å². The highest BCUT2D eigenvalue weighted by molar-refractivity contribution is 5.78. The van der Waals surface area contributed by atoms with Crippen molar-refractivity contribution in [3.05, 3.63) is 65.2 Å². The Morgan fingerprint density at radius 3 is 2.48 bits per heavy atom. The van der Waals surface area contributed by atoms with Crippen molar-refractivity contribution in [3.8, 4) is 0 Å². The Kier molecular flexibility index (Phi) is 6.06. The lowest BCUT2D eigenvalue weighted by atomic mass is 10.2. The Bertz CT molecular complexity index is 1340. The van der Waals surface area contributed by atoms with Crippen LogP contribution in [0.4, 0.5) is 5.82 Å². The van der Waals surface area contributed by atoms with Crippen LogP contribution in [0.15, 0.2) is 59.7 Å². The van der Waals surface area contributed by atoms with Crippen LogP contribution < -0.4 is 15.8 Å². The molecule has 8 heteroatoms. The number of amides is 1. The molecule has 1 N–H and O–H groups in total. The lowest BCUT2D eigenvalue weighted by Crippen LogP contribution is -2.33. The molecule has 0 radical (unpaired) electrons. The highest BCUT2D eigenvalue weighted by Gasteiger charge is 2.20. The van der Waals surface area contributed by atoms with Gasteiger partial charge in [0.15, 0.2) is 5.82 Å². The lowest BCUT2D eigenvalue weighted by Gasteiger charge is -2.19. The van der Waals surface area contributed by atoms with Gasteiger partial charge in [-0.05, 0) is 43.5 Å². The molecule has 0 spiro atoms. The molecule has 1 saturated heterocycles. The van der Waals surface area contributed by atoms with Gasteiger partial charge in [-0.3, -0.25) is 9.59 Å². The van der Waals surface area contributed by atoms with E-state index in [9.17, 15) is 9.59 Å². The van der Waals surface area contributed by atoms with Crippen molar-refractivity contribution in [3.63, 3.8) is 0 Å². The number of imidazole rings is 1. The molecule has 0 bridgehead atoms. The highest BCUT2D eigenvalue weighted by Crippen LogP contribution is 2.18. The first-order chi connectivity index (χ1) is 16.2. The second-order valence-electron chi connectivity index (χ2n) is 8.46. The van der Waals surface area contributed by atoms with Gasteiger partial charge < -0.3 is 19.4 Å². The summed E-state index contributed by atoms with van der Waals surface area (Å²) in [5.74, 6) is 0.445. The van der Waals surface area contributed by atoms with Crippen molar-refractivity contribution in [2.45, 2.75) is 38.8 Å². The topological polar surface area (TPSA) is 85.0 Å². The summed E-state index contributed by atoms with van der Waals surface area (Å²) in [5.41, 5.74) is 3.51. The van der Waals surface area contributed by atoms with E-state index in [-0.39, 0.29) is 17.9 Å². The van der Waals surface area contributed by atoms with Gasteiger partial charge in [-0.15, -0.1) is 0 Å². The third-order valence-corrected chi connectivity index (χ3v) is 6.23. The molecule has 170 valence electrons. The molecule has 0 unspecified atom stereocenters. The number of carbonyl (C=O) groups is 1. The zero-order valence-electron chi connectivity index (χ0n) is 18.6. The summed E-state index contributed by atoms with van der Waals surface area (Å²) in [4.78, 5) is 36.8. The molecule has 1 amide bonds. The third-order valence-electron chi connectivity index (χ3n) is 6.23. The Hall–Kier alpha value is -3.68. The molecular weight excluding hydrogens is 416 g/mol. The molecule has 2 aromatic carbocycles. The van der Waals surface area contributed by atoms with Crippen LogP contribution in [0.5, 0.6) is 0 Å². The summed E-state index contributed by atoms with van der Waals surface area (Å²) in [6.07, 6.45) is 5.05. The molecule has 1 aliphatic rings. The lowest BCUT2D eigenvalue weighted by molar-refractivity contribution is -0.121. The summed E-state index contributed by atoms with van der Waals surface area (Å²) < 4.78 is 3.80. The summed E-state index contributed by atoms with van der Waals surface area (Å²) in [6.45, 7) is 3.41. The van der Waals surface area contributed by atoms with Crippen molar-refractivity contribution in [1.29, 1.82) is 0 Å². The van der Waals surface area contributed by atoms with Gasteiger partial charge in [0.2, 0.25) is 5.91 Å². The number of rotatable bonds is 8. The molecule has 0 aliphatic carbocycles. The van der Waals surface area contributed by atoms with Crippen LogP contribution in [0, 0.1) is 0 Å². The van der Waals surface area contributed by atoms with Crippen LogP contribution in [0.3, 0.4) is 0 Å². The number of hydrogen-bond acceptors (Lipinski definition) is 5. The predicted octanol–water partition coefficient (Wildman–Crippen LogP) is 2.94. The standard InChI is InChI=1S/C25H28N6O2/c32-23(26-13-7-16-30-18-27-19-8-1-3-10-21(19)30)12-17-31-22-11-4-2-9-20(22)28-24(25(31)33)29-14-5-6-15-29/h1-4,8-11,18H,5-7,12-17H2,(H,26,32). The second-order valence-corrected chi connectivity index (χ2v) is 8.46. The van der Waals surface area contributed by atoms with Gasteiger partial charge in [0, 0.05) is 39.1 Å². The first-order valence-electron chi connectivity index (χ1n) is 11.6. The summed E-state index contributed by atoms with van der Waals surface area (Å²) in [6, 6.07) is 15.7. The fourth-order valence-electron chi connectivity index (χ4n) is 4.50. The van der Waals surface area contributed by atoms with Gasteiger partial charge in [-0.25, -0.2) is 9.97 Å². The highest BCUT2D eigenvalue weighted by atomic mass is 16.2. The molecular formula is C25H28N6O2. The SMILES string of the molecule is O=C(CCn1c(=O)c(N2CCCC2)nc2ccccc21)NCCCn1cnc2ccccc21. The van der Waals surface area contributed by atoms with E-state index >= 15 is 0 Å². The Labute approximate surface area is 191 Å². The molecule has 4 aromatic rings. The number of aromatic nitrogens is 4. The van der Waals surface area contributed by atoms with Gasteiger partial charge in [-0.2, -0.15) is 0 Å². The van der Waals surface area contributed by atoms with E-state index in [0.29, 0.717) is 18.9 Å². The van der Waals surface area contributed by atoms with Gasteiger partial charge in [-0.1, -0.05) is 24.3 Å². The Morgan fingerprint density at radius 2 is 1.67 bits per heavy atom. The number of aryl methyl sites for hydroxylation is 2. The predicted molar refractivity (Wildman–Crippen MR) is 129 cm³/mol. The summed E-state index contributed by atoms with van der Waals surface area (Å²) in [7, 11) is 0. The average molecular weight is 445 g/mol. The number of nitrogens with zero attached hydrogens (tertiary/aromatic N) is 5. The smallest absolute Gasteiger partial charge is 0.294 e. The normalized spacial score (nSPS) is 13.8. The molecule has 8 nitrogen and oxygen atoms in total. The first kappa shape index (κ1) is 21.2. The molecule has 33 heavy (non-hydrogen) atoms. The minimum Gasteiger partial charge on any atom is -0.356 e. The maximum atomic E-state index is 13.2. The fourth-order valence-corrected chi connectivity index (χ4v) is 4.50. The zero-order chi connectivity index (χ0) is 22.6. The molecule has 3 heterocycles. The van der Waals surface area contributed by atoms with Crippen LogP contribution in [0.2, 0.25) is 0 Å². The van der Waals surface area contributed by atoms with Crippen molar-refractivity contribution in [2.24, 2.45) is 0 Å². The van der Waals surface area contributed by atoms with Crippen molar-refractivity contribution in [1.82, 2.24) is 24.4 Å². The second kappa shape index (κ2) is 9.44. The number of anilines is 1. The van der Waals surface area contributed by atoms with E-state index in [2.05, 4.69) is 24.8 Å². The number of carbonyl (C=O) groups excluding carboxylic acids is 1. The number of benzene rings is 2. The number of fused-ring (bicyclic) bond motifs is 2. The maximum absolute atomic E-state index is 13.2. The summed E-state index contributed by atoms with van der Waals surface area (Å²) in [5, 5.41) is 2.99. The van der Waals surface area contributed by atoms with E-state index in [4.69, 9.17) is 0 Å². The van der Waals surface area contributed by atoms with Crippen LogP contribution in [-0.4, -0.2) is 44.6 Å². The monoisotopic (exact) mass is 444 g/mol. The van der Waals surface area contributed by atoms with Crippen LogP contribution in [-0.2, 0) is 17.9 Å². The minimum atomic E-state index is -0.115. The summed E-state index contributed by atoms with van der Waals surface area (Å²) >= 11 is 0. The molecule has 1 fully saturated rings. The van der Waals surface area contributed by atoms with Crippen LogP contribution in [0.1, 0.15) is 25.7 Å². The van der Waals surface area contributed by atoms with Crippen molar-refractivity contribution < 1.29 is 4.79 Å². The van der Waals surface area contributed by atoms with Crippen LogP contribution in [0.25, 0.3) is 22.1 Å². The Balaban J connectivity index is 1.21. The average Bonchev–Trinajstić information content (AvgIpc) is 3.51. The van der Waals surface area contributed by atoms with Gasteiger partial charge in [0.25, 0.3) is 5.56 Å². The zero-order valence-corrected chi connectivity index (χ0v) is 18.6. The van der Waals surface area contributed by atoms with E-state index in [1.54, 1.807) is 4.57 Å².